The van der Waals surface area contributed by atoms with Crippen molar-refractivity contribution in [2.24, 2.45) is 0 Å². The first kappa shape index (κ1) is 12.0. The summed E-state index contributed by atoms with van der Waals surface area (Å²) >= 11 is 3.31. The number of nitrogens with zero attached hydrogens (tertiary/aromatic N) is 1. The van der Waals surface area contributed by atoms with Gasteiger partial charge in [0.1, 0.15) is 6.61 Å². The normalized spacial score (nSPS) is 10.2. The van der Waals surface area contributed by atoms with Crippen molar-refractivity contribution >= 4 is 15.9 Å². The fourth-order valence-electron chi connectivity index (χ4n) is 1.45. The number of alkyl halides is 1. The molecule has 0 aliphatic heterocycles. The second kappa shape index (κ2) is 5.77. The minimum Gasteiger partial charge on any atom is -0.484 e. The summed E-state index contributed by atoms with van der Waals surface area (Å²) in [4.78, 5) is 4.12. The fraction of sp³-hybridized carbons (Fsp3) is 0.154. The second-order valence-corrected chi connectivity index (χ2v) is 4.03. The first-order valence-corrected chi connectivity index (χ1v) is 6.29. The van der Waals surface area contributed by atoms with Gasteiger partial charge in [0.15, 0.2) is 11.6 Å². The summed E-state index contributed by atoms with van der Waals surface area (Å²) in [6.07, 6.45) is 1.69. The van der Waals surface area contributed by atoms with Crippen LogP contribution in [0.5, 0.6) is 5.75 Å². The molecule has 4 heteroatoms. The Balaban J connectivity index is 2.14. The number of pyridine rings is 1. The highest BCUT2D eigenvalue weighted by Crippen LogP contribution is 2.25. The minimum atomic E-state index is -0.349. The van der Waals surface area contributed by atoms with Crippen LogP contribution in [0, 0.1) is 5.82 Å². The van der Waals surface area contributed by atoms with Crippen LogP contribution >= 0.6 is 15.9 Å². The zero-order valence-electron chi connectivity index (χ0n) is 9.07. The Kier molecular flexibility index (Phi) is 4.09. The zero-order valence-corrected chi connectivity index (χ0v) is 10.7. The van der Waals surface area contributed by atoms with Crippen LogP contribution in [-0.2, 0) is 11.9 Å². The zero-order chi connectivity index (χ0) is 12.1. The molecule has 0 saturated heterocycles. The number of halogens is 2. The lowest BCUT2D eigenvalue weighted by Crippen LogP contribution is -2.01. The number of hydrogen-bond acceptors (Lipinski definition) is 2. The number of benzene rings is 1. The fourth-order valence-corrected chi connectivity index (χ4v) is 1.89. The van der Waals surface area contributed by atoms with Crippen molar-refractivity contribution in [2.75, 3.05) is 0 Å². The van der Waals surface area contributed by atoms with E-state index in [2.05, 4.69) is 20.9 Å². The molecule has 0 radical (unpaired) electrons. The molecule has 0 atom stereocenters. The predicted molar refractivity (Wildman–Crippen MR) is 67.6 cm³/mol. The average Bonchev–Trinajstić information content (AvgIpc) is 2.38. The highest BCUT2D eigenvalue weighted by molar-refractivity contribution is 9.08. The van der Waals surface area contributed by atoms with Crippen LogP contribution in [-0.4, -0.2) is 4.98 Å². The van der Waals surface area contributed by atoms with Gasteiger partial charge in [-0.25, -0.2) is 4.39 Å². The topological polar surface area (TPSA) is 22.1 Å². The number of para-hydroxylation sites is 1. The molecule has 2 aromatic rings. The SMILES string of the molecule is Fc1cccc(CBr)c1OCc1ccccn1. The van der Waals surface area contributed by atoms with Crippen molar-refractivity contribution in [3.8, 4) is 5.75 Å². The van der Waals surface area contributed by atoms with Crippen molar-refractivity contribution in [3.63, 3.8) is 0 Å². The molecule has 2 nitrogen and oxygen atoms in total. The molecule has 0 saturated carbocycles. The molecule has 1 heterocycles. The summed E-state index contributed by atoms with van der Waals surface area (Å²) in [7, 11) is 0. The van der Waals surface area contributed by atoms with Gasteiger partial charge in [0.05, 0.1) is 5.69 Å². The van der Waals surface area contributed by atoms with E-state index in [4.69, 9.17) is 4.74 Å². The summed E-state index contributed by atoms with van der Waals surface area (Å²) in [6.45, 7) is 0.266. The summed E-state index contributed by atoms with van der Waals surface area (Å²) in [5.41, 5.74) is 1.57. The molecule has 0 amide bonds. The first-order chi connectivity index (χ1) is 8.31. The van der Waals surface area contributed by atoms with E-state index in [0.29, 0.717) is 5.33 Å². The lowest BCUT2D eigenvalue weighted by atomic mass is 10.2. The van der Waals surface area contributed by atoms with Crippen LogP contribution < -0.4 is 4.74 Å². The molecule has 88 valence electrons. The Labute approximate surface area is 108 Å². The Morgan fingerprint density at radius 3 is 2.76 bits per heavy atom. The quantitative estimate of drug-likeness (QED) is 0.803. The van der Waals surface area contributed by atoms with Crippen LogP contribution in [0.2, 0.25) is 0 Å². The maximum atomic E-state index is 13.6. The van der Waals surface area contributed by atoms with Crippen LogP contribution in [0.3, 0.4) is 0 Å². The van der Waals surface area contributed by atoms with E-state index in [9.17, 15) is 4.39 Å². The molecule has 0 fully saturated rings. The maximum absolute atomic E-state index is 13.6. The van der Waals surface area contributed by atoms with E-state index in [-0.39, 0.29) is 18.2 Å². The summed E-state index contributed by atoms with van der Waals surface area (Å²) < 4.78 is 19.1. The van der Waals surface area contributed by atoms with E-state index >= 15 is 0 Å². The minimum absolute atomic E-state index is 0.266. The van der Waals surface area contributed by atoms with E-state index in [0.717, 1.165) is 11.3 Å². The van der Waals surface area contributed by atoms with Gasteiger partial charge in [0.2, 0.25) is 0 Å². The highest BCUT2D eigenvalue weighted by atomic mass is 79.9. The van der Waals surface area contributed by atoms with Crippen molar-refractivity contribution in [2.45, 2.75) is 11.9 Å². The molecular weight excluding hydrogens is 285 g/mol. The Morgan fingerprint density at radius 1 is 1.18 bits per heavy atom. The number of aromatic nitrogens is 1. The molecule has 0 bridgehead atoms. The van der Waals surface area contributed by atoms with Gasteiger partial charge in [-0.1, -0.05) is 34.1 Å². The summed E-state index contributed by atoms with van der Waals surface area (Å²) in [5.74, 6) is -0.0621. The van der Waals surface area contributed by atoms with Gasteiger partial charge in [-0.15, -0.1) is 0 Å². The molecular formula is C13H11BrFNO. The van der Waals surface area contributed by atoms with Crippen LogP contribution in [0.1, 0.15) is 11.3 Å². The molecule has 17 heavy (non-hydrogen) atoms. The number of rotatable bonds is 4. The third-order valence-corrected chi connectivity index (χ3v) is 2.89. The Hall–Kier alpha value is -1.42. The van der Waals surface area contributed by atoms with Gasteiger partial charge in [-0.2, -0.15) is 0 Å². The Bertz CT molecular complexity index is 490. The van der Waals surface area contributed by atoms with Crippen molar-refractivity contribution in [1.82, 2.24) is 4.98 Å². The molecule has 1 aromatic carbocycles. The molecule has 0 spiro atoms. The average molecular weight is 296 g/mol. The van der Waals surface area contributed by atoms with Crippen LogP contribution in [0.25, 0.3) is 0 Å². The summed E-state index contributed by atoms with van der Waals surface area (Å²) in [6, 6.07) is 10.4. The molecule has 0 aliphatic carbocycles. The van der Waals surface area contributed by atoms with Gasteiger partial charge in [-0.3, -0.25) is 4.98 Å². The van der Waals surface area contributed by atoms with Gasteiger partial charge in [0, 0.05) is 17.1 Å². The second-order valence-electron chi connectivity index (χ2n) is 3.47. The molecule has 0 N–H and O–H groups in total. The van der Waals surface area contributed by atoms with Crippen molar-refractivity contribution < 1.29 is 9.13 Å². The molecule has 1 aromatic heterocycles. The lowest BCUT2D eigenvalue weighted by Gasteiger charge is -2.10. The summed E-state index contributed by atoms with van der Waals surface area (Å²) in [5, 5.41) is 0.558. The third-order valence-electron chi connectivity index (χ3n) is 2.28. The van der Waals surface area contributed by atoms with Crippen molar-refractivity contribution in [1.29, 1.82) is 0 Å². The molecule has 0 aliphatic rings. The van der Waals surface area contributed by atoms with E-state index in [1.165, 1.54) is 6.07 Å². The van der Waals surface area contributed by atoms with Gasteiger partial charge in [-0.05, 0) is 18.2 Å². The largest absolute Gasteiger partial charge is 0.484 e. The Morgan fingerprint density at radius 2 is 2.06 bits per heavy atom. The van der Waals surface area contributed by atoms with Gasteiger partial charge in [0.25, 0.3) is 0 Å². The number of hydrogen-bond donors (Lipinski definition) is 0. The smallest absolute Gasteiger partial charge is 0.165 e. The van der Waals surface area contributed by atoms with Crippen molar-refractivity contribution in [3.05, 3.63) is 59.7 Å². The standard InChI is InChI=1S/C13H11BrFNO/c14-8-10-4-3-6-12(15)13(10)17-9-11-5-1-2-7-16-11/h1-7H,8-9H2. The van der Waals surface area contributed by atoms with Gasteiger partial charge >= 0.3 is 0 Å². The van der Waals surface area contributed by atoms with E-state index in [1.54, 1.807) is 12.3 Å². The van der Waals surface area contributed by atoms with Crippen LogP contribution in [0.15, 0.2) is 42.6 Å². The first-order valence-electron chi connectivity index (χ1n) is 5.17. The predicted octanol–water partition coefficient (Wildman–Crippen LogP) is 3.69. The van der Waals surface area contributed by atoms with Crippen LogP contribution in [0.4, 0.5) is 4.39 Å². The molecule has 2 rings (SSSR count). The van der Waals surface area contributed by atoms with E-state index in [1.807, 2.05) is 24.3 Å². The highest BCUT2D eigenvalue weighted by Gasteiger charge is 2.09. The lowest BCUT2D eigenvalue weighted by molar-refractivity contribution is 0.283. The maximum Gasteiger partial charge on any atom is 0.165 e. The number of ether oxygens (including phenoxy) is 1. The third kappa shape index (κ3) is 3.03. The molecule has 0 unspecified atom stereocenters. The van der Waals surface area contributed by atoms with E-state index < -0.39 is 0 Å². The monoisotopic (exact) mass is 295 g/mol. The van der Waals surface area contributed by atoms with Gasteiger partial charge < -0.3 is 4.74 Å².